The van der Waals surface area contributed by atoms with Crippen molar-refractivity contribution in [2.24, 2.45) is 0 Å². The minimum Gasteiger partial charge on any atom is -0.486 e. The molecule has 1 aliphatic rings. The molecule has 3 rings (SSSR count). The number of benzene rings is 1. The predicted octanol–water partition coefficient (Wildman–Crippen LogP) is 4.20. The summed E-state index contributed by atoms with van der Waals surface area (Å²) in [6.07, 6.45) is 0.927. The van der Waals surface area contributed by atoms with Crippen LogP contribution in [0.4, 0.5) is 4.79 Å². The molecule has 1 aliphatic heterocycles. The largest absolute Gasteiger partial charge is 0.486 e. The van der Waals surface area contributed by atoms with Gasteiger partial charge in [0.25, 0.3) is 0 Å². The number of hydrogen-bond acceptors (Lipinski definition) is 4. The second-order valence-corrected chi connectivity index (χ2v) is 6.91. The Balaban J connectivity index is 1.65. The van der Waals surface area contributed by atoms with Gasteiger partial charge in [-0.2, -0.15) is 11.3 Å². The van der Waals surface area contributed by atoms with Crippen molar-refractivity contribution in [2.75, 3.05) is 19.8 Å². The van der Waals surface area contributed by atoms with Crippen molar-refractivity contribution in [3.63, 3.8) is 0 Å². The summed E-state index contributed by atoms with van der Waals surface area (Å²) in [5.41, 5.74) is 2.17. The third-order valence-corrected chi connectivity index (χ3v) is 4.87. The molecule has 0 bridgehead atoms. The Morgan fingerprint density at radius 3 is 2.80 bits per heavy atom. The molecule has 1 aromatic heterocycles. The number of rotatable bonds is 6. The van der Waals surface area contributed by atoms with Crippen LogP contribution in [0, 0.1) is 0 Å². The van der Waals surface area contributed by atoms with E-state index in [1.165, 1.54) is 5.56 Å². The number of carbonyl (C=O) groups is 1. The van der Waals surface area contributed by atoms with E-state index >= 15 is 0 Å². The van der Waals surface area contributed by atoms with E-state index in [-0.39, 0.29) is 12.1 Å². The van der Waals surface area contributed by atoms with E-state index in [4.69, 9.17) is 9.47 Å². The second kappa shape index (κ2) is 8.25. The molecule has 0 radical (unpaired) electrons. The molecule has 2 heterocycles. The highest BCUT2D eigenvalue weighted by Crippen LogP contribution is 2.32. The third kappa shape index (κ3) is 4.45. The van der Waals surface area contributed by atoms with Gasteiger partial charge in [-0.1, -0.05) is 13.0 Å². The molecule has 0 aliphatic carbocycles. The van der Waals surface area contributed by atoms with Crippen molar-refractivity contribution in [3.05, 3.63) is 46.2 Å². The van der Waals surface area contributed by atoms with Crippen LogP contribution in [0.5, 0.6) is 11.5 Å². The van der Waals surface area contributed by atoms with Gasteiger partial charge in [-0.25, -0.2) is 4.79 Å². The molecule has 1 N–H and O–H groups in total. The maximum atomic E-state index is 12.7. The lowest BCUT2D eigenvalue weighted by Gasteiger charge is -2.25. The number of thiophene rings is 1. The molecule has 1 atom stereocenters. The Morgan fingerprint density at radius 1 is 1.28 bits per heavy atom. The van der Waals surface area contributed by atoms with Crippen molar-refractivity contribution >= 4 is 17.4 Å². The quantitative estimate of drug-likeness (QED) is 0.840. The average molecular weight is 360 g/mol. The monoisotopic (exact) mass is 360 g/mol. The zero-order valence-corrected chi connectivity index (χ0v) is 15.5. The first kappa shape index (κ1) is 17.6. The van der Waals surface area contributed by atoms with E-state index in [0.717, 1.165) is 30.0 Å². The van der Waals surface area contributed by atoms with Crippen molar-refractivity contribution in [1.29, 1.82) is 0 Å². The molecule has 134 valence electrons. The zero-order chi connectivity index (χ0) is 17.6. The number of amides is 2. The van der Waals surface area contributed by atoms with Gasteiger partial charge in [0.05, 0.1) is 6.04 Å². The molecule has 0 saturated carbocycles. The van der Waals surface area contributed by atoms with Crippen LogP contribution in [0.3, 0.4) is 0 Å². The summed E-state index contributed by atoms with van der Waals surface area (Å²) >= 11 is 1.65. The Morgan fingerprint density at radius 2 is 2.08 bits per heavy atom. The molecule has 2 amide bonds. The topological polar surface area (TPSA) is 50.8 Å². The summed E-state index contributed by atoms with van der Waals surface area (Å²) in [6, 6.07) is 7.73. The van der Waals surface area contributed by atoms with Gasteiger partial charge in [0.1, 0.15) is 13.2 Å². The van der Waals surface area contributed by atoms with Gasteiger partial charge in [0.2, 0.25) is 0 Å². The number of carbonyl (C=O) groups excluding carboxylic acids is 1. The van der Waals surface area contributed by atoms with Gasteiger partial charge in [0, 0.05) is 13.1 Å². The van der Waals surface area contributed by atoms with E-state index in [9.17, 15) is 4.79 Å². The van der Waals surface area contributed by atoms with Gasteiger partial charge < -0.3 is 19.7 Å². The van der Waals surface area contributed by atoms with E-state index in [0.29, 0.717) is 19.8 Å². The molecular formula is C19H24N2O3S. The van der Waals surface area contributed by atoms with Crippen molar-refractivity contribution in [2.45, 2.75) is 32.9 Å². The smallest absolute Gasteiger partial charge is 0.318 e. The number of ether oxygens (including phenoxy) is 2. The second-order valence-electron chi connectivity index (χ2n) is 6.13. The van der Waals surface area contributed by atoms with E-state index < -0.39 is 0 Å². The van der Waals surface area contributed by atoms with E-state index in [1.807, 2.05) is 35.4 Å². The number of urea groups is 1. The summed E-state index contributed by atoms with van der Waals surface area (Å²) in [5.74, 6) is 1.51. The van der Waals surface area contributed by atoms with Gasteiger partial charge in [-0.15, -0.1) is 0 Å². The first-order chi connectivity index (χ1) is 12.2. The Kier molecular flexibility index (Phi) is 5.81. The molecule has 6 heteroatoms. The van der Waals surface area contributed by atoms with E-state index in [1.54, 1.807) is 11.3 Å². The maximum Gasteiger partial charge on any atom is 0.318 e. The molecule has 0 spiro atoms. The van der Waals surface area contributed by atoms with Gasteiger partial charge in [-0.05, 0) is 53.4 Å². The number of nitrogens with zero attached hydrogens (tertiary/aromatic N) is 1. The van der Waals surface area contributed by atoms with Gasteiger partial charge in [0.15, 0.2) is 11.5 Å². The molecular weight excluding hydrogens is 336 g/mol. The molecule has 1 aromatic carbocycles. The van der Waals surface area contributed by atoms with Gasteiger partial charge in [-0.3, -0.25) is 0 Å². The number of hydrogen-bond donors (Lipinski definition) is 1. The lowest BCUT2D eigenvalue weighted by atomic mass is 10.1. The first-order valence-electron chi connectivity index (χ1n) is 8.63. The van der Waals surface area contributed by atoms with Crippen LogP contribution in [0.25, 0.3) is 0 Å². The predicted molar refractivity (Wildman–Crippen MR) is 99.4 cm³/mol. The lowest BCUT2D eigenvalue weighted by Crippen LogP contribution is -2.41. The molecule has 0 fully saturated rings. The van der Waals surface area contributed by atoms with Gasteiger partial charge >= 0.3 is 6.03 Å². The molecule has 2 aromatic rings. The van der Waals surface area contributed by atoms with Crippen LogP contribution in [0.2, 0.25) is 0 Å². The molecule has 0 saturated heterocycles. The zero-order valence-electron chi connectivity index (χ0n) is 14.7. The standard InChI is InChI=1S/C19H24N2O3S/c1-3-7-21(12-15-6-10-25-13-15)19(22)20-14(2)16-4-5-17-18(11-16)24-9-8-23-17/h4-6,10-11,13-14H,3,7-9,12H2,1-2H3,(H,20,22)/t14-/m0/s1. The Bertz CT molecular complexity index is 703. The third-order valence-electron chi connectivity index (χ3n) is 4.14. The SMILES string of the molecule is CCCN(Cc1ccsc1)C(=O)N[C@@H](C)c1ccc2c(c1)OCCO2. The van der Waals surface area contributed by atoms with Crippen LogP contribution in [-0.4, -0.2) is 30.7 Å². The summed E-state index contributed by atoms with van der Waals surface area (Å²) < 4.78 is 11.2. The maximum absolute atomic E-state index is 12.7. The van der Waals surface area contributed by atoms with Crippen molar-refractivity contribution < 1.29 is 14.3 Å². The highest BCUT2D eigenvalue weighted by atomic mass is 32.1. The van der Waals surface area contributed by atoms with Crippen molar-refractivity contribution in [1.82, 2.24) is 10.2 Å². The highest BCUT2D eigenvalue weighted by Gasteiger charge is 2.19. The summed E-state index contributed by atoms with van der Waals surface area (Å²) in [5, 5.41) is 7.21. The fraction of sp³-hybridized carbons (Fsp3) is 0.421. The highest BCUT2D eigenvalue weighted by molar-refractivity contribution is 7.07. The average Bonchev–Trinajstić information content (AvgIpc) is 3.14. The Labute approximate surface area is 152 Å². The minimum atomic E-state index is -0.106. The first-order valence-corrected chi connectivity index (χ1v) is 9.57. The summed E-state index contributed by atoms with van der Waals surface area (Å²) in [7, 11) is 0. The van der Waals surface area contributed by atoms with Crippen LogP contribution in [0.15, 0.2) is 35.0 Å². The molecule has 0 unspecified atom stereocenters. The van der Waals surface area contributed by atoms with Crippen LogP contribution < -0.4 is 14.8 Å². The lowest BCUT2D eigenvalue weighted by molar-refractivity contribution is 0.171. The van der Waals surface area contributed by atoms with Crippen LogP contribution >= 0.6 is 11.3 Å². The Hall–Kier alpha value is -2.21. The van der Waals surface area contributed by atoms with Crippen molar-refractivity contribution in [3.8, 4) is 11.5 Å². The minimum absolute atomic E-state index is 0.0459. The normalized spacial score (nSPS) is 14.0. The summed E-state index contributed by atoms with van der Waals surface area (Å²) in [4.78, 5) is 14.6. The molecule has 5 nitrogen and oxygen atoms in total. The molecule has 25 heavy (non-hydrogen) atoms. The fourth-order valence-corrected chi connectivity index (χ4v) is 3.47. The van der Waals surface area contributed by atoms with Crippen LogP contribution in [0.1, 0.15) is 37.4 Å². The summed E-state index contributed by atoms with van der Waals surface area (Å²) in [6.45, 7) is 6.57. The van der Waals surface area contributed by atoms with E-state index in [2.05, 4.69) is 23.7 Å². The number of fused-ring (bicyclic) bond motifs is 1. The fourth-order valence-electron chi connectivity index (χ4n) is 2.81. The van der Waals surface area contributed by atoms with Crippen LogP contribution in [-0.2, 0) is 6.54 Å². The number of nitrogens with one attached hydrogen (secondary N) is 1.